The Morgan fingerprint density at radius 2 is 1.79 bits per heavy atom. The van der Waals surface area contributed by atoms with E-state index in [1.165, 1.54) is 5.56 Å². The van der Waals surface area contributed by atoms with E-state index in [0.29, 0.717) is 11.3 Å². The van der Waals surface area contributed by atoms with Gasteiger partial charge in [-0.05, 0) is 43.2 Å². The summed E-state index contributed by atoms with van der Waals surface area (Å²) in [5, 5.41) is 16.2. The fraction of sp³-hybridized carbons (Fsp3) is 0.143. The third-order valence-corrected chi connectivity index (χ3v) is 5.64. The SMILES string of the molecule is C=C(N/N=C/c1cc(Cl)c(O)c(Cl)c1)c1cc(-c2ccc(C)cc2)nc2c1=CCC=CC=2.CC. The first-order valence-corrected chi connectivity index (χ1v) is 11.8. The Morgan fingerprint density at radius 1 is 1.12 bits per heavy atom. The molecule has 0 aliphatic heterocycles. The van der Waals surface area contributed by atoms with Crippen LogP contribution in [0.4, 0.5) is 0 Å². The van der Waals surface area contributed by atoms with Crippen LogP contribution in [-0.2, 0) is 0 Å². The Labute approximate surface area is 210 Å². The lowest BCUT2D eigenvalue weighted by atomic mass is 10.0. The lowest BCUT2D eigenvalue weighted by molar-refractivity contribution is 0.476. The van der Waals surface area contributed by atoms with Crippen LogP contribution in [0.25, 0.3) is 29.1 Å². The number of nitrogens with zero attached hydrogens (tertiary/aromatic N) is 2. The van der Waals surface area contributed by atoms with E-state index < -0.39 is 0 Å². The number of pyridine rings is 1. The number of phenolic OH excluding ortho intramolecular Hbond substituents is 1. The maximum Gasteiger partial charge on any atom is 0.152 e. The third-order valence-electron chi connectivity index (χ3n) is 5.06. The molecule has 3 aromatic rings. The summed E-state index contributed by atoms with van der Waals surface area (Å²) in [5.74, 6) is -0.147. The number of rotatable bonds is 5. The minimum Gasteiger partial charge on any atom is -0.505 e. The van der Waals surface area contributed by atoms with E-state index in [9.17, 15) is 5.11 Å². The molecule has 4 rings (SSSR count). The van der Waals surface area contributed by atoms with Gasteiger partial charge in [0.1, 0.15) is 0 Å². The maximum absolute atomic E-state index is 9.71. The second-order valence-electron chi connectivity index (χ2n) is 7.44. The number of nitrogens with one attached hydrogen (secondary N) is 1. The van der Waals surface area contributed by atoms with Crippen molar-refractivity contribution in [2.45, 2.75) is 27.2 Å². The highest BCUT2D eigenvalue weighted by Gasteiger charge is 2.09. The molecule has 0 radical (unpaired) electrons. The van der Waals surface area contributed by atoms with E-state index in [1.54, 1.807) is 18.3 Å². The standard InChI is InChI=1S/C26H21Cl2N3O.C2H6/c1-16-8-10-19(11-9-16)25-14-21(20-6-4-3-5-7-24(20)30-25)17(2)31-29-15-18-12-22(27)26(32)23(28)13-18;1-2/h3,5-15,31-32H,2,4H2,1H3;1-2H3/b29-15+;. The molecular weight excluding hydrogens is 465 g/mol. The first-order valence-electron chi connectivity index (χ1n) is 11.0. The summed E-state index contributed by atoms with van der Waals surface area (Å²) in [6.07, 6.45) is 10.6. The van der Waals surface area contributed by atoms with Crippen LogP contribution in [0, 0.1) is 6.92 Å². The summed E-state index contributed by atoms with van der Waals surface area (Å²) >= 11 is 12.0. The van der Waals surface area contributed by atoms with Crippen LogP contribution >= 0.6 is 23.2 Å². The monoisotopic (exact) mass is 491 g/mol. The van der Waals surface area contributed by atoms with Crippen molar-refractivity contribution in [3.8, 4) is 17.0 Å². The highest BCUT2D eigenvalue weighted by atomic mass is 35.5. The molecule has 0 unspecified atom stereocenters. The zero-order valence-corrected chi connectivity index (χ0v) is 21.0. The number of aromatic hydroxyl groups is 1. The first-order chi connectivity index (χ1) is 16.4. The van der Waals surface area contributed by atoms with Crippen molar-refractivity contribution >= 4 is 47.3 Å². The Kier molecular flexibility index (Phi) is 8.69. The number of benzene rings is 2. The molecule has 1 heterocycles. The van der Waals surface area contributed by atoms with Gasteiger partial charge in [-0.15, -0.1) is 0 Å². The van der Waals surface area contributed by atoms with E-state index in [4.69, 9.17) is 28.2 Å². The van der Waals surface area contributed by atoms with Crippen LogP contribution in [0.15, 0.2) is 66.3 Å². The molecule has 6 heteroatoms. The number of phenols is 1. The highest BCUT2D eigenvalue weighted by molar-refractivity contribution is 6.37. The molecule has 0 fully saturated rings. The average molecular weight is 492 g/mol. The number of hydrogen-bond acceptors (Lipinski definition) is 4. The Hall–Kier alpha value is -3.34. The smallest absolute Gasteiger partial charge is 0.152 e. The second kappa shape index (κ2) is 11.7. The molecule has 0 saturated heterocycles. The highest BCUT2D eigenvalue weighted by Crippen LogP contribution is 2.32. The first kappa shape index (κ1) is 25.3. The summed E-state index contributed by atoms with van der Waals surface area (Å²) in [5.41, 5.74) is 8.30. The Bertz CT molecular complexity index is 1350. The van der Waals surface area contributed by atoms with E-state index >= 15 is 0 Å². The number of fused-ring (bicyclic) bond motifs is 1. The lowest BCUT2D eigenvalue weighted by Gasteiger charge is -2.10. The van der Waals surface area contributed by atoms with Crippen molar-refractivity contribution in [2.75, 3.05) is 0 Å². The normalized spacial score (nSPS) is 12.0. The molecule has 0 amide bonds. The fourth-order valence-electron chi connectivity index (χ4n) is 3.37. The number of hydrogen-bond donors (Lipinski definition) is 2. The summed E-state index contributed by atoms with van der Waals surface area (Å²) in [7, 11) is 0. The van der Waals surface area contributed by atoms with Crippen LogP contribution in [0.5, 0.6) is 5.75 Å². The molecule has 0 spiro atoms. The summed E-state index contributed by atoms with van der Waals surface area (Å²) in [6.45, 7) is 10.3. The molecule has 1 aromatic heterocycles. The van der Waals surface area contributed by atoms with Crippen molar-refractivity contribution in [3.63, 3.8) is 0 Å². The largest absolute Gasteiger partial charge is 0.505 e. The van der Waals surface area contributed by atoms with Crippen LogP contribution in [0.3, 0.4) is 0 Å². The van der Waals surface area contributed by atoms with Gasteiger partial charge < -0.3 is 5.11 Å². The third kappa shape index (κ3) is 5.96. The quantitative estimate of drug-likeness (QED) is 0.329. The van der Waals surface area contributed by atoms with Gasteiger partial charge in [-0.3, -0.25) is 5.43 Å². The minimum atomic E-state index is -0.147. The molecule has 4 nitrogen and oxygen atoms in total. The van der Waals surface area contributed by atoms with Crippen molar-refractivity contribution in [2.24, 2.45) is 5.10 Å². The fourth-order valence-corrected chi connectivity index (χ4v) is 3.87. The van der Waals surface area contributed by atoms with Crippen molar-refractivity contribution < 1.29 is 5.11 Å². The Balaban J connectivity index is 0.00000158. The van der Waals surface area contributed by atoms with Gasteiger partial charge in [0, 0.05) is 16.3 Å². The predicted molar refractivity (Wildman–Crippen MR) is 146 cm³/mol. The molecule has 34 heavy (non-hydrogen) atoms. The van der Waals surface area contributed by atoms with E-state index in [1.807, 2.05) is 32.1 Å². The molecule has 0 atom stereocenters. The zero-order valence-electron chi connectivity index (χ0n) is 19.4. The van der Waals surface area contributed by atoms with Crippen molar-refractivity contribution in [1.29, 1.82) is 0 Å². The number of halogens is 2. The van der Waals surface area contributed by atoms with Gasteiger partial charge in [0.05, 0.1) is 33.0 Å². The van der Waals surface area contributed by atoms with Gasteiger partial charge >= 0.3 is 0 Å². The summed E-state index contributed by atoms with van der Waals surface area (Å²) in [6, 6.07) is 13.5. The molecule has 0 bridgehead atoms. The van der Waals surface area contributed by atoms with E-state index in [2.05, 4.69) is 60.4 Å². The van der Waals surface area contributed by atoms with Crippen LogP contribution in [0.2, 0.25) is 10.0 Å². The molecule has 1 aliphatic carbocycles. The maximum atomic E-state index is 9.71. The van der Waals surface area contributed by atoms with Gasteiger partial charge in [-0.2, -0.15) is 5.10 Å². The molecule has 2 N–H and O–H groups in total. The van der Waals surface area contributed by atoms with Crippen molar-refractivity contribution in [1.82, 2.24) is 10.4 Å². The predicted octanol–water partition coefficient (Wildman–Crippen LogP) is 6.21. The average Bonchev–Trinajstić information content (AvgIpc) is 3.09. The second-order valence-corrected chi connectivity index (χ2v) is 8.25. The van der Waals surface area contributed by atoms with Crippen LogP contribution in [0.1, 0.15) is 37.0 Å². The number of allylic oxidation sites excluding steroid dienone is 2. The van der Waals surface area contributed by atoms with Gasteiger partial charge in [0.15, 0.2) is 5.75 Å². The molecule has 2 aromatic carbocycles. The Morgan fingerprint density at radius 3 is 2.47 bits per heavy atom. The van der Waals surface area contributed by atoms with Gasteiger partial charge in [-0.25, -0.2) is 4.98 Å². The van der Waals surface area contributed by atoms with E-state index in [0.717, 1.165) is 33.8 Å². The summed E-state index contributed by atoms with van der Waals surface area (Å²) in [4.78, 5) is 4.87. The topological polar surface area (TPSA) is 57.5 Å². The molecular formula is C28H27Cl2N3O. The number of aryl methyl sites for hydroxylation is 1. The molecule has 0 saturated carbocycles. The zero-order chi connectivity index (χ0) is 24.7. The summed E-state index contributed by atoms with van der Waals surface area (Å²) < 4.78 is 0. The van der Waals surface area contributed by atoms with Gasteiger partial charge in [0.2, 0.25) is 0 Å². The van der Waals surface area contributed by atoms with Crippen LogP contribution < -0.4 is 16.0 Å². The number of aromatic nitrogens is 1. The van der Waals surface area contributed by atoms with Gasteiger partial charge in [0.25, 0.3) is 0 Å². The van der Waals surface area contributed by atoms with Crippen LogP contribution in [-0.4, -0.2) is 16.3 Å². The van der Waals surface area contributed by atoms with Gasteiger partial charge in [-0.1, -0.05) is 91.7 Å². The molecule has 1 aliphatic rings. The minimum absolute atomic E-state index is 0.147. The van der Waals surface area contributed by atoms with Crippen molar-refractivity contribution in [3.05, 3.63) is 98.5 Å². The van der Waals surface area contributed by atoms with E-state index in [-0.39, 0.29) is 15.8 Å². The lowest BCUT2D eigenvalue weighted by Crippen LogP contribution is -2.32. The molecule has 174 valence electrons. The number of hydrazone groups is 1.